The summed E-state index contributed by atoms with van der Waals surface area (Å²) in [4.78, 5) is 16.7. The Balaban J connectivity index is 1.37. The van der Waals surface area contributed by atoms with Crippen LogP contribution in [-0.4, -0.2) is 20.7 Å². The molecule has 0 spiro atoms. The summed E-state index contributed by atoms with van der Waals surface area (Å²) < 4.78 is 13.3. The van der Waals surface area contributed by atoms with Crippen LogP contribution >= 0.6 is 11.6 Å². The topological polar surface area (TPSA) is 82.2 Å². The van der Waals surface area contributed by atoms with Crippen molar-refractivity contribution in [1.29, 1.82) is 0 Å². The second-order valence-corrected chi connectivity index (χ2v) is 8.47. The maximum Gasteiger partial charge on any atom is 0.293 e. The number of amides is 1. The van der Waals surface area contributed by atoms with Crippen LogP contribution in [0.15, 0.2) is 65.3 Å². The van der Waals surface area contributed by atoms with Crippen LogP contribution in [0.4, 0.5) is 5.95 Å². The Kier molecular flexibility index (Phi) is 6.79. The molecule has 2 aromatic heterocycles. The second kappa shape index (κ2) is 9.92. The number of anilines is 1. The lowest BCUT2D eigenvalue weighted by Crippen LogP contribution is -2.12. The van der Waals surface area contributed by atoms with Crippen molar-refractivity contribution in [2.75, 3.05) is 5.32 Å². The van der Waals surface area contributed by atoms with E-state index in [2.05, 4.69) is 41.4 Å². The number of aryl methyl sites for hydroxylation is 1. The zero-order valence-corrected chi connectivity index (χ0v) is 19.5. The summed E-state index contributed by atoms with van der Waals surface area (Å²) in [6.45, 7) is 6.94. The van der Waals surface area contributed by atoms with Crippen molar-refractivity contribution in [3.63, 3.8) is 0 Å². The minimum Gasteiger partial charge on any atom is -0.485 e. The minimum absolute atomic E-state index is 0.157. The van der Waals surface area contributed by atoms with Gasteiger partial charge in [0.2, 0.25) is 5.95 Å². The van der Waals surface area contributed by atoms with Crippen LogP contribution in [0.1, 0.15) is 52.8 Å². The van der Waals surface area contributed by atoms with Gasteiger partial charge in [0.1, 0.15) is 24.4 Å². The first-order valence-corrected chi connectivity index (χ1v) is 11.0. The molecule has 4 aromatic rings. The molecular weight excluding hydrogens is 440 g/mol. The number of ether oxygens (including phenoxy) is 1. The van der Waals surface area contributed by atoms with Crippen molar-refractivity contribution >= 4 is 23.5 Å². The highest BCUT2D eigenvalue weighted by atomic mass is 35.5. The number of carbonyl (C=O) groups is 1. The molecule has 0 aliphatic rings. The molecule has 0 radical (unpaired) electrons. The highest BCUT2D eigenvalue weighted by molar-refractivity contribution is 6.31. The molecule has 0 bridgehead atoms. The zero-order valence-electron chi connectivity index (χ0n) is 18.7. The molecule has 0 unspecified atom stereocenters. The van der Waals surface area contributed by atoms with E-state index in [1.807, 2.05) is 37.3 Å². The Morgan fingerprint density at radius 3 is 2.79 bits per heavy atom. The molecule has 0 fully saturated rings. The summed E-state index contributed by atoms with van der Waals surface area (Å²) in [5.41, 5.74) is 3.16. The van der Waals surface area contributed by atoms with Gasteiger partial charge in [-0.05, 0) is 53.8 Å². The van der Waals surface area contributed by atoms with E-state index in [-0.39, 0.29) is 18.3 Å². The predicted octanol–water partition coefficient (Wildman–Crippen LogP) is 5.84. The quantitative estimate of drug-likeness (QED) is 0.354. The third-order valence-electron chi connectivity index (χ3n) is 5.10. The summed E-state index contributed by atoms with van der Waals surface area (Å²) in [6, 6.07) is 17.0. The molecule has 0 saturated carbocycles. The number of nitrogens with one attached hydrogen (secondary N) is 1. The van der Waals surface area contributed by atoms with Gasteiger partial charge >= 0.3 is 0 Å². The molecule has 0 saturated heterocycles. The largest absolute Gasteiger partial charge is 0.485 e. The lowest BCUT2D eigenvalue weighted by atomic mass is 10.0. The summed E-state index contributed by atoms with van der Waals surface area (Å²) in [5, 5.41) is 7.57. The summed E-state index contributed by atoms with van der Waals surface area (Å²) in [7, 11) is 0. The number of hydrogen-bond donors (Lipinski definition) is 1. The third kappa shape index (κ3) is 5.62. The lowest BCUT2D eigenvalue weighted by molar-refractivity contribution is 0.0991. The van der Waals surface area contributed by atoms with Gasteiger partial charge in [-0.1, -0.05) is 55.8 Å². The van der Waals surface area contributed by atoms with Crippen molar-refractivity contribution < 1.29 is 13.9 Å². The van der Waals surface area contributed by atoms with E-state index in [1.54, 1.807) is 16.8 Å². The van der Waals surface area contributed by atoms with Crippen LogP contribution in [0.3, 0.4) is 0 Å². The molecule has 8 heteroatoms. The fourth-order valence-corrected chi connectivity index (χ4v) is 3.56. The normalized spacial score (nSPS) is 11.1. The van der Waals surface area contributed by atoms with Crippen LogP contribution in [0, 0.1) is 6.92 Å². The summed E-state index contributed by atoms with van der Waals surface area (Å²) >= 11 is 6.19. The Labute approximate surface area is 197 Å². The average Bonchev–Trinajstić information content (AvgIpc) is 3.43. The molecule has 1 amide bonds. The minimum atomic E-state index is -0.435. The third-order valence-corrected chi connectivity index (χ3v) is 5.47. The van der Waals surface area contributed by atoms with Crippen LogP contribution < -0.4 is 10.1 Å². The first kappa shape index (κ1) is 22.6. The molecule has 4 rings (SSSR count). The SMILES string of the molecule is Cc1ccc(C(C)C)c(OCc2ccc(C(=O)Nc3ncn(Cc4ccccc4Cl)n3)o2)c1. The monoisotopic (exact) mass is 464 g/mol. The summed E-state index contributed by atoms with van der Waals surface area (Å²) in [6.07, 6.45) is 1.54. The van der Waals surface area contributed by atoms with E-state index in [4.69, 9.17) is 20.8 Å². The molecule has 0 aliphatic carbocycles. The van der Waals surface area contributed by atoms with Gasteiger partial charge < -0.3 is 9.15 Å². The van der Waals surface area contributed by atoms with Gasteiger partial charge in [-0.15, -0.1) is 5.10 Å². The molecule has 33 heavy (non-hydrogen) atoms. The van der Waals surface area contributed by atoms with Gasteiger partial charge in [0.25, 0.3) is 5.91 Å². The number of furan rings is 1. The van der Waals surface area contributed by atoms with Crippen LogP contribution in [-0.2, 0) is 13.2 Å². The maximum absolute atomic E-state index is 12.6. The Morgan fingerprint density at radius 2 is 2.00 bits per heavy atom. The molecule has 1 N–H and O–H groups in total. The average molecular weight is 465 g/mol. The second-order valence-electron chi connectivity index (χ2n) is 8.06. The first-order valence-electron chi connectivity index (χ1n) is 10.7. The van der Waals surface area contributed by atoms with Gasteiger partial charge in [0.05, 0.1) is 6.54 Å². The maximum atomic E-state index is 12.6. The number of halogens is 1. The van der Waals surface area contributed by atoms with Gasteiger partial charge in [-0.3, -0.25) is 10.1 Å². The predicted molar refractivity (Wildman–Crippen MR) is 127 cm³/mol. The van der Waals surface area contributed by atoms with Gasteiger partial charge in [0, 0.05) is 5.02 Å². The van der Waals surface area contributed by atoms with E-state index in [1.165, 1.54) is 6.33 Å². The van der Waals surface area contributed by atoms with Crippen LogP contribution in [0.2, 0.25) is 5.02 Å². The van der Waals surface area contributed by atoms with E-state index >= 15 is 0 Å². The van der Waals surface area contributed by atoms with Crippen molar-refractivity contribution in [3.05, 3.63) is 94.2 Å². The number of aromatic nitrogens is 3. The van der Waals surface area contributed by atoms with Crippen molar-refractivity contribution in [2.45, 2.75) is 39.8 Å². The lowest BCUT2D eigenvalue weighted by Gasteiger charge is -2.14. The van der Waals surface area contributed by atoms with Crippen molar-refractivity contribution in [3.8, 4) is 5.75 Å². The fraction of sp³-hybridized carbons (Fsp3) is 0.240. The molecule has 0 atom stereocenters. The van der Waals surface area contributed by atoms with E-state index in [0.29, 0.717) is 23.2 Å². The fourth-order valence-electron chi connectivity index (χ4n) is 3.36. The molecule has 7 nitrogen and oxygen atoms in total. The van der Waals surface area contributed by atoms with Gasteiger partial charge in [0.15, 0.2) is 5.76 Å². The number of carbonyl (C=O) groups excluding carboxylic acids is 1. The van der Waals surface area contributed by atoms with Gasteiger partial charge in [-0.25, -0.2) is 9.67 Å². The smallest absolute Gasteiger partial charge is 0.293 e. The van der Waals surface area contributed by atoms with Crippen LogP contribution in [0.25, 0.3) is 0 Å². The highest BCUT2D eigenvalue weighted by Gasteiger charge is 2.15. The molecule has 2 aromatic carbocycles. The van der Waals surface area contributed by atoms with Crippen LogP contribution in [0.5, 0.6) is 5.75 Å². The molecule has 0 aliphatic heterocycles. The Bertz CT molecular complexity index is 1260. The Morgan fingerprint density at radius 1 is 1.18 bits per heavy atom. The van der Waals surface area contributed by atoms with E-state index in [9.17, 15) is 4.79 Å². The molecular formula is C25H25ClN4O3. The standard InChI is InChI=1S/C25H25ClN4O3/c1-16(2)20-10-8-17(3)12-23(20)32-14-19-9-11-22(33-19)24(31)28-25-27-15-30(29-25)13-18-6-4-5-7-21(18)26/h4-12,15-16H,13-14H2,1-3H3,(H,28,29,31). The number of rotatable bonds is 8. The summed E-state index contributed by atoms with van der Waals surface area (Å²) in [5.74, 6) is 1.61. The van der Waals surface area contributed by atoms with Crippen molar-refractivity contribution in [1.82, 2.24) is 14.8 Å². The number of benzene rings is 2. The van der Waals surface area contributed by atoms with Gasteiger partial charge in [-0.2, -0.15) is 0 Å². The zero-order chi connectivity index (χ0) is 23.4. The number of nitrogens with zero attached hydrogens (tertiary/aromatic N) is 3. The Hall–Kier alpha value is -3.58. The molecule has 2 heterocycles. The van der Waals surface area contributed by atoms with Crippen molar-refractivity contribution in [2.24, 2.45) is 0 Å². The first-order chi connectivity index (χ1) is 15.9. The molecule has 170 valence electrons. The highest BCUT2D eigenvalue weighted by Crippen LogP contribution is 2.28. The van der Waals surface area contributed by atoms with E-state index < -0.39 is 5.91 Å². The number of hydrogen-bond acceptors (Lipinski definition) is 5. The van der Waals surface area contributed by atoms with E-state index in [0.717, 1.165) is 22.4 Å².